The van der Waals surface area contributed by atoms with Crippen LogP contribution in [0.15, 0.2) is 0 Å². The van der Waals surface area contributed by atoms with Gasteiger partial charge >= 0.3 is 8.60 Å². The predicted molar refractivity (Wildman–Crippen MR) is 153 cm³/mol. The van der Waals surface area contributed by atoms with Crippen molar-refractivity contribution in [2.45, 2.75) is 0 Å². The molecule has 19 heteroatoms. The van der Waals surface area contributed by atoms with E-state index in [0.717, 1.165) is 0 Å². The zero-order chi connectivity index (χ0) is 32.9. The van der Waals surface area contributed by atoms with Crippen LogP contribution in [0.2, 0.25) is 0 Å². The van der Waals surface area contributed by atoms with Gasteiger partial charge in [-0.3, -0.25) is 0 Å². The Kier molecular flexibility index (Phi) is 62.5. The summed E-state index contributed by atoms with van der Waals surface area (Å²) in [6.45, 7) is 8.29. The van der Waals surface area contributed by atoms with Gasteiger partial charge in [-0.1, -0.05) is 0 Å². The van der Waals surface area contributed by atoms with Crippen molar-refractivity contribution in [3.8, 4) is 0 Å². The largest absolute Gasteiger partial charge is 0.394 e. The fraction of sp³-hybridized carbons (Fsp3) is 1.00. The average Bonchev–Trinajstić information content (AvgIpc) is 2.99. The van der Waals surface area contributed by atoms with Crippen LogP contribution in [0, 0.1) is 0 Å². The van der Waals surface area contributed by atoms with Gasteiger partial charge in [-0.15, -0.1) is 0 Å². The Morgan fingerprint density at radius 2 is 0.326 bits per heavy atom. The second-order valence-corrected chi connectivity index (χ2v) is 7.66. The smallest absolute Gasteiger partial charge is 0.324 e. The molecule has 0 saturated carbocycles. The first-order valence-corrected chi connectivity index (χ1v) is 14.9. The Labute approximate surface area is 255 Å². The molecule has 0 radical (unpaired) electrons. The fourth-order valence-corrected chi connectivity index (χ4v) is 2.01. The first-order valence-electron chi connectivity index (χ1n) is 13.7. The molecule has 9 N–H and O–H groups in total. The Morgan fingerprint density at radius 1 is 0.233 bits per heavy atom. The van der Waals surface area contributed by atoms with Crippen LogP contribution in [-0.4, -0.2) is 204 Å². The maximum atomic E-state index is 8.36. The minimum Gasteiger partial charge on any atom is -0.394 e. The predicted octanol–water partition coefficient (Wildman–Crippen LogP) is -3.75. The van der Waals surface area contributed by atoms with E-state index in [1.807, 2.05) is 0 Å². The molecule has 0 spiro atoms. The van der Waals surface area contributed by atoms with Gasteiger partial charge in [-0.05, 0) is 0 Å². The molecule has 0 aromatic rings. The summed E-state index contributed by atoms with van der Waals surface area (Å²) in [7, 11) is -2.62. The summed E-state index contributed by atoms with van der Waals surface area (Å²) >= 11 is 0. The topological polar surface area (TPSA) is 265 Å². The average molecular weight is 665 g/mol. The number of hydrogen-bond acceptors (Lipinski definition) is 18. The molecule has 0 atom stereocenters. The van der Waals surface area contributed by atoms with Gasteiger partial charge in [0.1, 0.15) is 0 Å². The van der Waals surface area contributed by atoms with E-state index in [-0.39, 0.29) is 39.6 Å². The summed E-state index contributed by atoms with van der Waals surface area (Å²) in [4.78, 5) is 21.7. The fourth-order valence-electron chi connectivity index (χ4n) is 2.01. The lowest BCUT2D eigenvalue weighted by Crippen LogP contribution is -2.11. The van der Waals surface area contributed by atoms with Crippen molar-refractivity contribution in [2.24, 2.45) is 0 Å². The molecule has 0 heterocycles. The molecule has 0 amide bonds. The second kappa shape index (κ2) is 54.2. The molecular formula is C24H57O18P. The van der Waals surface area contributed by atoms with Crippen LogP contribution in [0.1, 0.15) is 0 Å². The highest BCUT2D eigenvalue weighted by molar-refractivity contribution is 7.38. The molecule has 0 aromatic carbocycles. The number of aliphatic hydroxyl groups excluding tert-OH is 6. The Balaban J connectivity index is -0.000000249. The first kappa shape index (κ1) is 49.6. The molecule has 0 saturated heterocycles. The van der Waals surface area contributed by atoms with E-state index >= 15 is 0 Å². The maximum Gasteiger partial charge on any atom is 0.324 e. The lowest BCUT2D eigenvalue weighted by molar-refractivity contribution is 0.00229. The normalized spacial score (nSPS) is 10.5. The van der Waals surface area contributed by atoms with E-state index in [1.54, 1.807) is 0 Å². The number of rotatable bonds is 30. The van der Waals surface area contributed by atoms with Crippen LogP contribution in [0.3, 0.4) is 0 Å². The molecule has 0 aliphatic carbocycles. The summed E-state index contributed by atoms with van der Waals surface area (Å²) in [5.74, 6) is 0. The van der Waals surface area contributed by atoms with Crippen LogP contribution in [0.25, 0.3) is 0 Å². The highest BCUT2D eigenvalue weighted by Gasteiger charge is 1.92. The van der Waals surface area contributed by atoms with Crippen molar-refractivity contribution in [2.75, 3.05) is 159 Å². The molecule has 266 valence electrons. The third-order valence-electron chi connectivity index (χ3n) is 3.65. The zero-order valence-corrected chi connectivity index (χ0v) is 26.0. The molecule has 0 aromatic heterocycles. The molecule has 43 heavy (non-hydrogen) atoms. The van der Waals surface area contributed by atoms with E-state index in [0.29, 0.717) is 119 Å². The third kappa shape index (κ3) is 74.5. The van der Waals surface area contributed by atoms with Crippen molar-refractivity contribution < 1.29 is 88.0 Å². The van der Waals surface area contributed by atoms with Crippen LogP contribution in [0.4, 0.5) is 0 Å². The van der Waals surface area contributed by atoms with E-state index in [9.17, 15) is 0 Å². The monoisotopic (exact) mass is 664 g/mol. The van der Waals surface area contributed by atoms with Gasteiger partial charge in [-0.2, -0.15) is 0 Å². The van der Waals surface area contributed by atoms with Gasteiger partial charge in [0.15, 0.2) is 0 Å². The van der Waals surface area contributed by atoms with Crippen LogP contribution in [0.5, 0.6) is 0 Å². The molecule has 0 unspecified atom stereocenters. The van der Waals surface area contributed by atoms with Crippen LogP contribution < -0.4 is 0 Å². The molecule has 0 aliphatic rings. The number of aliphatic hydroxyl groups is 6. The minimum absolute atomic E-state index is 0.0413. The van der Waals surface area contributed by atoms with Crippen LogP contribution >= 0.6 is 8.60 Å². The lowest BCUT2D eigenvalue weighted by Gasteiger charge is -2.04. The van der Waals surface area contributed by atoms with Crippen LogP contribution in [-0.2, 0) is 42.6 Å². The molecular weight excluding hydrogens is 607 g/mol. The van der Waals surface area contributed by atoms with E-state index < -0.39 is 8.60 Å². The van der Waals surface area contributed by atoms with Crippen molar-refractivity contribution in [3.63, 3.8) is 0 Å². The summed E-state index contributed by atoms with van der Waals surface area (Å²) in [6, 6.07) is 0. The first-order chi connectivity index (χ1) is 21.0. The zero-order valence-electron chi connectivity index (χ0n) is 25.1. The molecule has 0 bridgehead atoms. The Hall–Kier alpha value is -0.290. The third-order valence-corrected chi connectivity index (χ3v) is 3.65. The van der Waals surface area contributed by atoms with E-state index in [2.05, 4.69) is 0 Å². The molecule has 0 aliphatic heterocycles. The van der Waals surface area contributed by atoms with Crippen molar-refractivity contribution in [1.82, 2.24) is 0 Å². The highest BCUT2D eigenvalue weighted by Crippen LogP contribution is 2.11. The second-order valence-electron chi connectivity index (χ2n) is 7.12. The van der Waals surface area contributed by atoms with Gasteiger partial charge in [0.25, 0.3) is 0 Å². The van der Waals surface area contributed by atoms with Crippen molar-refractivity contribution in [3.05, 3.63) is 0 Å². The SMILES string of the molecule is OCCOCCOCCOCCO.OCCOCCOCCOCCO.OCCOCCOCCOCCO.OP(O)O. The number of hydrogen-bond donors (Lipinski definition) is 9. The van der Waals surface area contributed by atoms with Gasteiger partial charge in [0, 0.05) is 0 Å². The summed E-state index contributed by atoms with van der Waals surface area (Å²) < 4.78 is 45.1. The molecule has 0 fully saturated rings. The summed E-state index contributed by atoms with van der Waals surface area (Å²) in [5.41, 5.74) is 0. The minimum atomic E-state index is -2.62. The van der Waals surface area contributed by atoms with Gasteiger partial charge in [0.2, 0.25) is 0 Å². The standard InChI is InChI=1S/3C8H18O5.H3O3P/c3*9-1-3-11-5-7-13-8-6-12-4-2-10;1-4(2)3/h3*9-10H,1-8H2;1-3H. The van der Waals surface area contributed by atoms with E-state index in [1.165, 1.54) is 0 Å². The summed E-state index contributed by atoms with van der Waals surface area (Å²) in [6.07, 6.45) is 0. The number of ether oxygens (including phenoxy) is 9. The van der Waals surface area contributed by atoms with Gasteiger partial charge in [0.05, 0.1) is 159 Å². The Morgan fingerprint density at radius 3 is 0.419 bits per heavy atom. The van der Waals surface area contributed by atoms with Crippen molar-refractivity contribution in [1.29, 1.82) is 0 Å². The molecule has 18 nitrogen and oxygen atoms in total. The van der Waals surface area contributed by atoms with Gasteiger partial charge in [-0.25, -0.2) is 0 Å². The van der Waals surface area contributed by atoms with Crippen molar-refractivity contribution >= 4 is 8.60 Å². The lowest BCUT2D eigenvalue weighted by atomic mass is 10.7. The summed E-state index contributed by atoms with van der Waals surface area (Å²) in [5, 5.41) is 50.1. The Bertz CT molecular complexity index is 333. The van der Waals surface area contributed by atoms with E-state index in [4.69, 9.17) is 88.0 Å². The molecule has 0 rings (SSSR count). The quantitative estimate of drug-likeness (QED) is 0.0264. The highest BCUT2D eigenvalue weighted by atomic mass is 31.2. The maximum absolute atomic E-state index is 8.36. The van der Waals surface area contributed by atoms with Gasteiger partial charge < -0.3 is 88.0 Å².